The van der Waals surface area contributed by atoms with Crippen molar-refractivity contribution in [1.29, 1.82) is 0 Å². The van der Waals surface area contributed by atoms with Crippen LogP contribution in [0.2, 0.25) is 0 Å². The van der Waals surface area contributed by atoms with Crippen molar-refractivity contribution in [3.05, 3.63) is 0 Å². The van der Waals surface area contributed by atoms with Crippen LogP contribution in [0.15, 0.2) is 0 Å². The Morgan fingerprint density at radius 1 is 1.40 bits per heavy atom. The molecule has 0 rings (SSSR count). The minimum atomic E-state index is -0.692. The van der Waals surface area contributed by atoms with Crippen molar-refractivity contribution in [2.45, 2.75) is 39.3 Å². The van der Waals surface area contributed by atoms with Crippen molar-refractivity contribution < 1.29 is 9.90 Å². The third-order valence-electron chi connectivity index (χ3n) is 2.45. The lowest BCUT2D eigenvalue weighted by molar-refractivity contribution is -0.133. The monoisotopic (exact) mass is 216 g/mol. The Hall–Kier alpha value is -0.610. The highest BCUT2D eigenvalue weighted by molar-refractivity contribution is 5.79. The summed E-state index contributed by atoms with van der Waals surface area (Å²) in [6.45, 7) is 4.58. The molecule has 0 aliphatic rings. The first-order valence-electron chi connectivity index (χ1n) is 5.66. The van der Waals surface area contributed by atoms with E-state index in [-0.39, 0.29) is 11.8 Å². The molecule has 0 heterocycles. The number of aliphatic hydroxyl groups is 1. The standard InChI is InChI=1S/C11H24N2O2/c1-5-7-8-9(10(14)12-6-2)11(15)13(3)4/h9,11,15H,5-8H2,1-4H3,(H,12,14). The predicted molar refractivity (Wildman–Crippen MR) is 61.4 cm³/mol. The predicted octanol–water partition coefficient (Wildman–Crippen LogP) is 0.809. The summed E-state index contributed by atoms with van der Waals surface area (Å²) in [5.74, 6) is -0.368. The molecule has 0 aliphatic carbocycles. The molecule has 4 heteroatoms. The lowest BCUT2D eigenvalue weighted by atomic mass is 9.98. The number of nitrogens with one attached hydrogen (secondary N) is 1. The maximum absolute atomic E-state index is 11.7. The van der Waals surface area contributed by atoms with Crippen LogP contribution < -0.4 is 5.32 Å². The molecule has 2 unspecified atom stereocenters. The number of aliphatic hydroxyl groups excluding tert-OH is 1. The zero-order valence-electron chi connectivity index (χ0n) is 10.3. The fraction of sp³-hybridized carbons (Fsp3) is 0.909. The average molecular weight is 216 g/mol. The molecule has 90 valence electrons. The van der Waals surface area contributed by atoms with E-state index in [4.69, 9.17) is 0 Å². The van der Waals surface area contributed by atoms with Crippen molar-refractivity contribution in [1.82, 2.24) is 10.2 Å². The molecule has 0 fully saturated rings. The highest BCUT2D eigenvalue weighted by Gasteiger charge is 2.27. The SMILES string of the molecule is CCCCC(C(=O)NCC)C(O)N(C)C. The number of unbranched alkanes of at least 4 members (excludes halogenated alkanes) is 1. The summed E-state index contributed by atoms with van der Waals surface area (Å²) in [7, 11) is 3.56. The summed E-state index contributed by atoms with van der Waals surface area (Å²) in [4.78, 5) is 13.4. The van der Waals surface area contributed by atoms with E-state index in [1.165, 1.54) is 0 Å². The summed E-state index contributed by atoms with van der Waals surface area (Å²) in [6.07, 6.45) is 2.05. The Bertz CT molecular complexity index is 183. The Morgan fingerprint density at radius 3 is 2.40 bits per heavy atom. The van der Waals surface area contributed by atoms with Gasteiger partial charge >= 0.3 is 0 Å². The molecule has 0 saturated heterocycles. The van der Waals surface area contributed by atoms with E-state index >= 15 is 0 Å². The smallest absolute Gasteiger partial charge is 0.227 e. The summed E-state index contributed by atoms with van der Waals surface area (Å²) in [5.41, 5.74) is 0. The van der Waals surface area contributed by atoms with Crippen LogP contribution in [-0.4, -0.2) is 42.8 Å². The number of hydrogen-bond donors (Lipinski definition) is 2. The molecular weight excluding hydrogens is 192 g/mol. The van der Waals surface area contributed by atoms with Gasteiger partial charge in [-0.3, -0.25) is 9.69 Å². The van der Waals surface area contributed by atoms with Gasteiger partial charge in [-0.15, -0.1) is 0 Å². The van der Waals surface area contributed by atoms with E-state index in [0.717, 1.165) is 19.3 Å². The molecule has 15 heavy (non-hydrogen) atoms. The summed E-state index contributed by atoms with van der Waals surface area (Å²) in [6, 6.07) is 0. The number of amides is 1. The molecule has 0 aromatic heterocycles. The van der Waals surface area contributed by atoms with E-state index in [1.807, 2.05) is 6.92 Å². The zero-order valence-corrected chi connectivity index (χ0v) is 10.3. The first kappa shape index (κ1) is 14.4. The van der Waals surface area contributed by atoms with Crippen molar-refractivity contribution in [3.63, 3.8) is 0 Å². The maximum atomic E-state index is 11.7. The van der Waals surface area contributed by atoms with E-state index in [1.54, 1.807) is 19.0 Å². The second kappa shape index (κ2) is 7.65. The topological polar surface area (TPSA) is 52.6 Å². The fourth-order valence-electron chi connectivity index (χ4n) is 1.50. The van der Waals surface area contributed by atoms with E-state index in [2.05, 4.69) is 12.2 Å². The van der Waals surface area contributed by atoms with Crippen molar-refractivity contribution >= 4 is 5.91 Å². The largest absolute Gasteiger partial charge is 0.378 e. The second-order valence-electron chi connectivity index (χ2n) is 4.02. The summed E-state index contributed by atoms with van der Waals surface area (Å²) < 4.78 is 0. The minimum absolute atomic E-state index is 0.0489. The van der Waals surface area contributed by atoms with Gasteiger partial charge in [0.05, 0.1) is 5.92 Å². The second-order valence-corrected chi connectivity index (χ2v) is 4.02. The quantitative estimate of drug-likeness (QED) is 0.619. The lowest BCUT2D eigenvalue weighted by Gasteiger charge is -2.26. The number of nitrogens with zero attached hydrogens (tertiary/aromatic N) is 1. The van der Waals surface area contributed by atoms with Gasteiger partial charge in [0.15, 0.2) is 0 Å². The lowest BCUT2D eigenvalue weighted by Crippen LogP contribution is -2.44. The zero-order chi connectivity index (χ0) is 11.8. The molecule has 2 atom stereocenters. The molecule has 0 radical (unpaired) electrons. The molecule has 0 aromatic carbocycles. The number of carbonyl (C=O) groups excluding carboxylic acids is 1. The van der Waals surface area contributed by atoms with Gasteiger partial charge in [-0.2, -0.15) is 0 Å². The van der Waals surface area contributed by atoms with Crippen LogP contribution in [0.1, 0.15) is 33.1 Å². The number of hydrogen-bond acceptors (Lipinski definition) is 3. The molecule has 0 bridgehead atoms. The van der Waals surface area contributed by atoms with Crippen molar-refractivity contribution in [2.75, 3.05) is 20.6 Å². The van der Waals surface area contributed by atoms with Gasteiger partial charge < -0.3 is 10.4 Å². The van der Waals surface area contributed by atoms with Gasteiger partial charge in [-0.05, 0) is 27.4 Å². The molecule has 0 aliphatic heterocycles. The Labute approximate surface area is 92.7 Å². The Morgan fingerprint density at radius 2 is 2.00 bits per heavy atom. The molecule has 0 spiro atoms. The average Bonchev–Trinajstić information content (AvgIpc) is 2.18. The first-order valence-corrected chi connectivity index (χ1v) is 5.66. The number of carbonyl (C=O) groups is 1. The van der Waals surface area contributed by atoms with E-state index in [9.17, 15) is 9.90 Å². The third kappa shape index (κ3) is 5.14. The molecule has 0 saturated carbocycles. The van der Waals surface area contributed by atoms with Gasteiger partial charge in [0.25, 0.3) is 0 Å². The summed E-state index contributed by atoms with van der Waals surface area (Å²) in [5, 5.41) is 12.6. The van der Waals surface area contributed by atoms with E-state index < -0.39 is 6.23 Å². The minimum Gasteiger partial charge on any atom is -0.378 e. The normalized spacial score (nSPS) is 15.1. The molecule has 4 nitrogen and oxygen atoms in total. The number of rotatable bonds is 7. The molecule has 1 amide bonds. The van der Waals surface area contributed by atoms with Crippen LogP contribution in [-0.2, 0) is 4.79 Å². The van der Waals surface area contributed by atoms with Gasteiger partial charge in [0, 0.05) is 6.54 Å². The Balaban J connectivity index is 4.35. The maximum Gasteiger partial charge on any atom is 0.227 e. The molecule has 0 aromatic rings. The van der Waals surface area contributed by atoms with Gasteiger partial charge in [-0.25, -0.2) is 0 Å². The first-order chi connectivity index (χ1) is 7.04. The van der Waals surface area contributed by atoms with Crippen molar-refractivity contribution in [3.8, 4) is 0 Å². The highest BCUT2D eigenvalue weighted by atomic mass is 16.3. The van der Waals surface area contributed by atoms with Crippen LogP contribution in [0.4, 0.5) is 0 Å². The van der Waals surface area contributed by atoms with Gasteiger partial charge in [0.2, 0.25) is 5.91 Å². The van der Waals surface area contributed by atoms with Gasteiger partial charge in [0.1, 0.15) is 6.23 Å². The third-order valence-corrected chi connectivity index (χ3v) is 2.45. The van der Waals surface area contributed by atoms with E-state index in [0.29, 0.717) is 6.54 Å². The van der Waals surface area contributed by atoms with Crippen LogP contribution >= 0.6 is 0 Å². The van der Waals surface area contributed by atoms with Crippen molar-refractivity contribution in [2.24, 2.45) is 5.92 Å². The molecular formula is C11H24N2O2. The van der Waals surface area contributed by atoms with Crippen LogP contribution in [0.3, 0.4) is 0 Å². The molecule has 2 N–H and O–H groups in total. The highest BCUT2D eigenvalue weighted by Crippen LogP contribution is 2.15. The van der Waals surface area contributed by atoms with Crippen LogP contribution in [0.5, 0.6) is 0 Å². The fourth-order valence-corrected chi connectivity index (χ4v) is 1.50. The summed E-state index contributed by atoms with van der Waals surface area (Å²) >= 11 is 0. The van der Waals surface area contributed by atoms with Gasteiger partial charge in [-0.1, -0.05) is 19.8 Å². The van der Waals surface area contributed by atoms with Crippen LogP contribution in [0.25, 0.3) is 0 Å². The van der Waals surface area contributed by atoms with Crippen LogP contribution in [0, 0.1) is 5.92 Å². The Kier molecular flexibility index (Phi) is 7.34.